The van der Waals surface area contributed by atoms with E-state index >= 15 is 0 Å². The Bertz CT molecular complexity index is 762. The van der Waals surface area contributed by atoms with Crippen molar-refractivity contribution in [1.29, 1.82) is 0 Å². The average Bonchev–Trinajstić information content (AvgIpc) is 2.61. The first-order chi connectivity index (χ1) is 11.9. The molecule has 0 aliphatic rings. The summed E-state index contributed by atoms with van der Waals surface area (Å²) in [5, 5.41) is 3.30. The van der Waals surface area contributed by atoms with E-state index in [1.165, 1.54) is 26.0 Å². The minimum Gasteiger partial charge on any atom is -0.497 e. The van der Waals surface area contributed by atoms with E-state index in [4.69, 9.17) is 21.1 Å². The fourth-order valence-electron chi connectivity index (χ4n) is 2.25. The van der Waals surface area contributed by atoms with Crippen LogP contribution in [0.25, 0.3) is 0 Å². The number of amides is 2. The molecule has 0 unspecified atom stereocenters. The number of hydrogen-bond donors (Lipinski definition) is 1. The molecule has 0 fully saturated rings. The highest BCUT2D eigenvalue weighted by atomic mass is 35.5. The quantitative estimate of drug-likeness (QED) is 0.855. The van der Waals surface area contributed by atoms with Crippen molar-refractivity contribution in [2.24, 2.45) is 0 Å². The topological polar surface area (TPSA) is 67.9 Å². The van der Waals surface area contributed by atoms with Gasteiger partial charge in [-0.15, -0.1) is 0 Å². The maximum Gasteiger partial charge on any atom is 0.244 e. The van der Waals surface area contributed by atoms with Crippen molar-refractivity contribution in [3.63, 3.8) is 0 Å². The van der Waals surface area contributed by atoms with Gasteiger partial charge in [0, 0.05) is 23.7 Å². The Morgan fingerprint density at radius 3 is 2.32 bits per heavy atom. The molecular formula is C18H19ClN2O4. The molecule has 0 spiro atoms. The van der Waals surface area contributed by atoms with Gasteiger partial charge in [0.15, 0.2) is 0 Å². The molecule has 0 saturated heterocycles. The zero-order chi connectivity index (χ0) is 18.4. The number of halogens is 1. The number of carbonyl (C=O) groups is 2. The third kappa shape index (κ3) is 4.87. The zero-order valence-electron chi connectivity index (χ0n) is 14.2. The first-order valence-electron chi connectivity index (χ1n) is 7.50. The molecule has 0 aliphatic carbocycles. The van der Waals surface area contributed by atoms with Crippen molar-refractivity contribution in [1.82, 2.24) is 0 Å². The van der Waals surface area contributed by atoms with Crippen LogP contribution in [0, 0.1) is 0 Å². The lowest BCUT2D eigenvalue weighted by molar-refractivity contribution is -0.120. The van der Waals surface area contributed by atoms with Crippen LogP contribution < -0.4 is 19.7 Å². The van der Waals surface area contributed by atoms with Crippen molar-refractivity contribution in [2.75, 3.05) is 31.0 Å². The smallest absolute Gasteiger partial charge is 0.244 e. The van der Waals surface area contributed by atoms with Crippen molar-refractivity contribution in [3.05, 3.63) is 47.5 Å². The van der Waals surface area contributed by atoms with Crippen LogP contribution >= 0.6 is 11.6 Å². The number of methoxy groups -OCH3 is 2. The summed E-state index contributed by atoms with van der Waals surface area (Å²) in [6.07, 6.45) is 0. The summed E-state index contributed by atoms with van der Waals surface area (Å²) in [5.74, 6) is 0.385. The highest BCUT2D eigenvalue weighted by Crippen LogP contribution is 2.32. The Hall–Kier alpha value is -2.73. The van der Waals surface area contributed by atoms with Gasteiger partial charge in [-0.25, -0.2) is 0 Å². The Balaban J connectivity index is 2.22. The summed E-state index contributed by atoms with van der Waals surface area (Å²) in [5.41, 5.74) is 1.05. The van der Waals surface area contributed by atoms with Crippen LogP contribution in [-0.4, -0.2) is 32.6 Å². The van der Waals surface area contributed by atoms with Gasteiger partial charge in [-0.05, 0) is 36.4 Å². The van der Waals surface area contributed by atoms with Crippen molar-refractivity contribution >= 4 is 34.8 Å². The Morgan fingerprint density at radius 1 is 1.08 bits per heavy atom. The Morgan fingerprint density at radius 2 is 1.76 bits per heavy atom. The molecular weight excluding hydrogens is 344 g/mol. The number of benzene rings is 2. The highest BCUT2D eigenvalue weighted by molar-refractivity contribution is 6.30. The van der Waals surface area contributed by atoms with E-state index in [1.807, 2.05) is 0 Å². The second-order valence-corrected chi connectivity index (χ2v) is 5.63. The van der Waals surface area contributed by atoms with Gasteiger partial charge in [0.05, 0.1) is 19.9 Å². The number of nitrogens with zero attached hydrogens (tertiary/aromatic N) is 1. The average molecular weight is 363 g/mol. The van der Waals surface area contributed by atoms with Crippen LogP contribution in [0.1, 0.15) is 6.92 Å². The second kappa shape index (κ2) is 8.39. The lowest BCUT2D eigenvalue weighted by Gasteiger charge is -2.23. The molecule has 0 heterocycles. The number of ether oxygens (including phenoxy) is 2. The second-order valence-electron chi connectivity index (χ2n) is 5.20. The number of nitrogens with one attached hydrogen (secondary N) is 1. The van der Waals surface area contributed by atoms with Crippen LogP contribution in [0.4, 0.5) is 11.4 Å². The molecule has 2 aromatic rings. The van der Waals surface area contributed by atoms with Crippen LogP contribution in [-0.2, 0) is 9.59 Å². The van der Waals surface area contributed by atoms with Gasteiger partial charge in [0.2, 0.25) is 11.8 Å². The fraction of sp³-hybridized carbons (Fsp3) is 0.222. The molecule has 0 radical (unpaired) electrons. The molecule has 0 aromatic heterocycles. The summed E-state index contributed by atoms with van der Waals surface area (Å²) in [6, 6.07) is 11.8. The number of anilines is 2. The van der Waals surface area contributed by atoms with Gasteiger partial charge in [-0.3, -0.25) is 14.5 Å². The molecule has 2 amide bonds. The van der Waals surface area contributed by atoms with Crippen LogP contribution in [0.5, 0.6) is 11.5 Å². The third-order valence-corrected chi connectivity index (χ3v) is 3.74. The molecule has 1 N–H and O–H groups in total. The van der Waals surface area contributed by atoms with E-state index < -0.39 is 0 Å². The van der Waals surface area contributed by atoms with E-state index in [2.05, 4.69) is 5.32 Å². The molecule has 25 heavy (non-hydrogen) atoms. The Labute approximate surface area is 151 Å². The predicted molar refractivity (Wildman–Crippen MR) is 97.7 cm³/mol. The van der Waals surface area contributed by atoms with Gasteiger partial charge >= 0.3 is 0 Å². The molecule has 0 atom stereocenters. The highest BCUT2D eigenvalue weighted by Gasteiger charge is 2.20. The van der Waals surface area contributed by atoms with Gasteiger partial charge in [-0.2, -0.15) is 0 Å². The first-order valence-corrected chi connectivity index (χ1v) is 7.88. The predicted octanol–water partition coefficient (Wildman–Crippen LogP) is 3.35. The summed E-state index contributed by atoms with van der Waals surface area (Å²) < 4.78 is 10.5. The van der Waals surface area contributed by atoms with Crippen molar-refractivity contribution in [2.45, 2.75) is 6.92 Å². The zero-order valence-corrected chi connectivity index (χ0v) is 15.0. The van der Waals surface area contributed by atoms with Crippen molar-refractivity contribution < 1.29 is 19.1 Å². The summed E-state index contributed by atoms with van der Waals surface area (Å²) >= 11 is 5.82. The van der Waals surface area contributed by atoms with E-state index in [-0.39, 0.29) is 18.4 Å². The van der Waals surface area contributed by atoms with E-state index in [0.717, 1.165) is 0 Å². The minimum absolute atomic E-state index is 0.165. The lowest BCUT2D eigenvalue weighted by Crippen LogP contribution is -2.36. The number of hydrogen-bond acceptors (Lipinski definition) is 4. The number of carbonyl (C=O) groups excluding carboxylic acids is 2. The number of rotatable bonds is 6. The summed E-state index contributed by atoms with van der Waals surface area (Å²) in [6.45, 7) is 1.22. The normalized spacial score (nSPS) is 10.1. The molecule has 2 rings (SSSR count). The maximum atomic E-state index is 12.3. The lowest BCUT2D eigenvalue weighted by atomic mass is 10.2. The summed E-state index contributed by atoms with van der Waals surface area (Å²) in [7, 11) is 3.02. The largest absolute Gasteiger partial charge is 0.497 e. The van der Waals surface area contributed by atoms with Crippen LogP contribution in [0.3, 0.4) is 0 Å². The van der Waals surface area contributed by atoms with Gasteiger partial charge < -0.3 is 14.8 Å². The van der Waals surface area contributed by atoms with Gasteiger partial charge in [0.1, 0.15) is 18.0 Å². The molecule has 0 saturated carbocycles. The monoisotopic (exact) mass is 362 g/mol. The van der Waals surface area contributed by atoms with E-state index in [1.54, 1.807) is 42.5 Å². The molecule has 6 nitrogen and oxygen atoms in total. The first kappa shape index (κ1) is 18.6. The van der Waals surface area contributed by atoms with Gasteiger partial charge in [0.25, 0.3) is 0 Å². The standard InChI is InChI=1S/C18H19ClN2O4/c1-12(22)21(16-10-15(24-2)8-9-17(16)25-3)11-18(23)20-14-6-4-13(19)5-7-14/h4-10H,11H2,1-3H3,(H,20,23). The molecule has 0 bridgehead atoms. The molecule has 7 heteroatoms. The third-order valence-electron chi connectivity index (χ3n) is 3.49. The van der Waals surface area contributed by atoms with E-state index in [0.29, 0.717) is 27.9 Å². The summed E-state index contributed by atoms with van der Waals surface area (Å²) in [4.78, 5) is 25.7. The van der Waals surface area contributed by atoms with Crippen molar-refractivity contribution in [3.8, 4) is 11.5 Å². The van der Waals surface area contributed by atoms with Crippen LogP contribution in [0.15, 0.2) is 42.5 Å². The molecule has 0 aliphatic heterocycles. The SMILES string of the molecule is COc1ccc(OC)c(N(CC(=O)Nc2ccc(Cl)cc2)C(C)=O)c1. The Kier molecular flexibility index (Phi) is 6.25. The van der Waals surface area contributed by atoms with Gasteiger partial charge in [-0.1, -0.05) is 11.6 Å². The fourth-order valence-corrected chi connectivity index (χ4v) is 2.38. The molecule has 132 valence electrons. The van der Waals surface area contributed by atoms with Crippen LogP contribution in [0.2, 0.25) is 5.02 Å². The molecule has 2 aromatic carbocycles. The maximum absolute atomic E-state index is 12.3. The van der Waals surface area contributed by atoms with E-state index in [9.17, 15) is 9.59 Å². The minimum atomic E-state index is -0.345.